The van der Waals surface area contributed by atoms with Crippen LogP contribution in [0.4, 0.5) is 0 Å². The van der Waals surface area contributed by atoms with E-state index in [9.17, 15) is 14.7 Å². The van der Waals surface area contributed by atoms with E-state index in [4.69, 9.17) is 4.52 Å². The topological polar surface area (TPSA) is 83.6 Å². The van der Waals surface area contributed by atoms with Crippen molar-refractivity contribution < 1.29 is 19.2 Å². The predicted molar refractivity (Wildman–Crippen MR) is 82.8 cm³/mol. The van der Waals surface area contributed by atoms with E-state index in [2.05, 4.69) is 5.16 Å². The van der Waals surface area contributed by atoms with Gasteiger partial charge in [-0.25, -0.2) is 0 Å². The fraction of sp³-hybridized carbons (Fsp3) is 0.353. The van der Waals surface area contributed by atoms with E-state index in [1.807, 2.05) is 30.3 Å². The van der Waals surface area contributed by atoms with Crippen LogP contribution in [0.25, 0.3) is 11.3 Å². The smallest absolute Gasteiger partial charge is 0.311 e. The summed E-state index contributed by atoms with van der Waals surface area (Å²) in [6, 6.07) is 11.0. The third-order valence-corrected chi connectivity index (χ3v) is 4.29. The molecule has 1 aromatic carbocycles. The first-order valence-electron chi connectivity index (χ1n) is 7.54. The summed E-state index contributed by atoms with van der Waals surface area (Å²) in [5.74, 6) is -0.643. The lowest BCUT2D eigenvalue weighted by molar-refractivity contribution is -0.150. The summed E-state index contributed by atoms with van der Waals surface area (Å²) in [6.07, 6.45) is 1.23. The summed E-state index contributed by atoms with van der Waals surface area (Å²) in [5.41, 5.74) is 0.145. The van der Waals surface area contributed by atoms with E-state index >= 15 is 0 Å². The average molecular weight is 314 g/mol. The minimum absolute atomic E-state index is 0.189. The zero-order valence-corrected chi connectivity index (χ0v) is 12.9. The second-order valence-electron chi connectivity index (χ2n) is 6.14. The Labute approximate surface area is 133 Å². The number of likely N-dealkylation sites (tertiary alicyclic amines) is 1. The molecular weight excluding hydrogens is 296 g/mol. The first-order chi connectivity index (χ1) is 11.0. The van der Waals surface area contributed by atoms with Gasteiger partial charge in [-0.15, -0.1) is 0 Å². The number of aromatic nitrogens is 1. The molecule has 1 N–H and O–H groups in total. The van der Waals surface area contributed by atoms with Crippen LogP contribution in [0.3, 0.4) is 0 Å². The van der Waals surface area contributed by atoms with Crippen LogP contribution in [-0.2, 0) is 4.79 Å². The van der Waals surface area contributed by atoms with E-state index in [-0.39, 0.29) is 18.1 Å². The SMILES string of the molecule is CC1(C(=O)O)CCCN(C(=O)c2cc(-c3ccccc3)on2)C1. The van der Waals surface area contributed by atoms with Crippen molar-refractivity contribution in [3.8, 4) is 11.3 Å². The second-order valence-corrected chi connectivity index (χ2v) is 6.14. The lowest BCUT2D eigenvalue weighted by Gasteiger charge is -2.37. The lowest BCUT2D eigenvalue weighted by atomic mass is 9.82. The average Bonchev–Trinajstić information content (AvgIpc) is 3.05. The normalized spacial score (nSPS) is 21.2. The molecule has 2 aromatic rings. The number of nitrogens with zero attached hydrogens (tertiary/aromatic N) is 2. The van der Waals surface area contributed by atoms with Crippen molar-refractivity contribution >= 4 is 11.9 Å². The quantitative estimate of drug-likeness (QED) is 0.941. The molecule has 23 heavy (non-hydrogen) atoms. The number of amides is 1. The summed E-state index contributed by atoms with van der Waals surface area (Å²) in [5, 5.41) is 13.2. The monoisotopic (exact) mass is 314 g/mol. The second kappa shape index (κ2) is 5.87. The van der Waals surface area contributed by atoms with Crippen molar-refractivity contribution in [2.75, 3.05) is 13.1 Å². The number of piperidine rings is 1. The maximum Gasteiger partial charge on any atom is 0.311 e. The molecule has 6 nitrogen and oxygen atoms in total. The van der Waals surface area contributed by atoms with Crippen LogP contribution in [-0.4, -0.2) is 40.1 Å². The number of hydrogen-bond donors (Lipinski definition) is 1. The molecule has 1 unspecified atom stereocenters. The molecule has 0 bridgehead atoms. The molecule has 0 saturated carbocycles. The molecule has 1 atom stereocenters. The Bertz CT molecular complexity index is 725. The van der Waals surface area contributed by atoms with Gasteiger partial charge in [-0.1, -0.05) is 35.5 Å². The van der Waals surface area contributed by atoms with Gasteiger partial charge in [-0.3, -0.25) is 9.59 Å². The van der Waals surface area contributed by atoms with E-state index < -0.39 is 11.4 Å². The van der Waals surface area contributed by atoms with Gasteiger partial charge in [0.1, 0.15) is 0 Å². The van der Waals surface area contributed by atoms with Gasteiger partial charge in [0.25, 0.3) is 5.91 Å². The Morgan fingerprint density at radius 2 is 2.04 bits per heavy atom. The van der Waals surface area contributed by atoms with Crippen LogP contribution in [0.15, 0.2) is 40.9 Å². The number of carbonyl (C=O) groups excluding carboxylic acids is 1. The van der Waals surface area contributed by atoms with E-state index in [0.717, 1.165) is 5.56 Å². The maximum absolute atomic E-state index is 12.6. The number of hydrogen-bond acceptors (Lipinski definition) is 4. The molecule has 2 heterocycles. The molecule has 3 rings (SSSR count). The standard InChI is InChI=1S/C17H18N2O4/c1-17(16(21)22)8-5-9-19(11-17)15(20)13-10-14(23-18-13)12-6-3-2-4-7-12/h2-4,6-7,10H,5,8-9,11H2,1H3,(H,21,22). The number of carbonyl (C=O) groups is 2. The molecule has 0 radical (unpaired) electrons. The summed E-state index contributed by atoms with van der Waals surface area (Å²) in [4.78, 5) is 25.5. The Kier molecular flexibility index (Phi) is 3.90. The molecular formula is C17H18N2O4. The van der Waals surface area contributed by atoms with Gasteiger partial charge < -0.3 is 14.5 Å². The van der Waals surface area contributed by atoms with Gasteiger partial charge in [0, 0.05) is 24.7 Å². The van der Waals surface area contributed by atoms with Crippen LogP contribution in [0.5, 0.6) is 0 Å². The van der Waals surface area contributed by atoms with Crippen LogP contribution in [0.1, 0.15) is 30.3 Å². The highest BCUT2D eigenvalue weighted by atomic mass is 16.5. The van der Waals surface area contributed by atoms with Crippen molar-refractivity contribution in [3.63, 3.8) is 0 Å². The number of aliphatic carboxylic acids is 1. The molecule has 1 aliphatic rings. The molecule has 0 aliphatic carbocycles. The van der Waals surface area contributed by atoms with Crippen LogP contribution in [0, 0.1) is 5.41 Å². The molecule has 0 spiro atoms. The summed E-state index contributed by atoms with van der Waals surface area (Å²) in [6.45, 7) is 2.40. The third-order valence-electron chi connectivity index (χ3n) is 4.29. The zero-order valence-electron chi connectivity index (χ0n) is 12.9. The number of benzene rings is 1. The highest BCUT2D eigenvalue weighted by Gasteiger charge is 2.40. The Hall–Kier alpha value is -2.63. The van der Waals surface area contributed by atoms with Gasteiger partial charge in [0.2, 0.25) is 0 Å². The highest BCUT2D eigenvalue weighted by Crippen LogP contribution is 2.30. The molecule has 1 saturated heterocycles. The van der Waals surface area contributed by atoms with Gasteiger partial charge in [0.05, 0.1) is 5.41 Å². The van der Waals surface area contributed by atoms with Crippen LogP contribution in [0.2, 0.25) is 0 Å². The van der Waals surface area contributed by atoms with E-state index in [0.29, 0.717) is 25.1 Å². The number of carboxylic acid groups (broad SMARTS) is 1. The molecule has 1 amide bonds. The minimum Gasteiger partial charge on any atom is -0.481 e. The first kappa shape index (κ1) is 15.3. The first-order valence-corrected chi connectivity index (χ1v) is 7.54. The van der Waals surface area contributed by atoms with Gasteiger partial charge in [0.15, 0.2) is 11.5 Å². The zero-order chi connectivity index (χ0) is 16.4. The summed E-state index contributed by atoms with van der Waals surface area (Å²) in [7, 11) is 0. The molecule has 120 valence electrons. The van der Waals surface area contributed by atoms with Crippen LogP contribution >= 0.6 is 0 Å². The van der Waals surface area contributed by atoms with E-state index in [1.54, 1.807) is 17.9 Å². The summed E-state index contributed by atoms with van der Waals surface area (Å²) < 4.78 is 5.25. The van der Waals surface area contributed by atoms with Crippen LogP contribution < -0.4 is 0 Å². The largest absolute Gasteiger partial charge is 0.481 e. The Balaban J connectivity index is 1.79. The molecule has 1 aliphatic heterocycles. The van der Waals surface area contributed by atoms with Gasteiger partial charge in [-0.2, -0.15) is 0 Å². The Morgan fingerprint density at radius 3 is 2.74 bits per heavy atom. The Morgan fingerprint density at radius 1 is 1.30 bits per heavy atom. The van der Waals surface area contributed by atoms with Crippen molar-refractivity contribution in [1.82, 2.24) is 10.1 Å². The highest BCUT2D eigenvalue weighted by molar-refractivity contribution is 5.93. The van der Waals surface area contributed by atoms with Gasteiger partial charge >= 0.3 is 5.97 Å². The number of carboxylic acids is 1. The molecule has 1 fully saturated rings. The molecule has 1 aromatic heterocycles. The molecule has 6 heteroatoms. The maximum atomic E-state index is 12.6. The lowest BCUT2D eigenvalue weighted by Crippen LogP contribution is -2.48. The fourth-order valence-electron chi connectivity index (χ4n) is 2.86. The predicted octanol–water partition coefficient (Wildman–Crippen LogP) is 2.67. The van der Waals surface area contributed by atoms with Crippen molar-refractivity contribution in [1.29, 1.82) is 0 Å². The third kappa shape index (κ3) is 2.97. The van der Waals surface area contributed by atoms with Crippen molar-refractivity contribution in [2.24, 2.45) is 5.41 Å². The van der Waals surface area contributed by atoms with E-state index in [1.165, 1.54) is 0 Å². The van der Waals surface area contributed by atoms with Crippen molar-refractivity contribution in [3.05, 3.63) is 42.1 Å². The minimum atomic E-state index is -0.903. The van der Waals surface area contributed by atoms with Gasteiger partial charge in [-0.05, 0) is 19.8 Å². The fourth-order valence-corrected chi connectivity index (χ4v) is 2.86. The number of rotatable bonds is 3. The summed E-state index contributed by atoms with van der Waals surface area (Å²) >= 11 is 0. The van der Waals surface area contributed by atoms with Crippen molar-refractivity contribution in [2.45, 2.75) is 19.8 Å².